The summed E-state index contributed by atoms with van der Waals surface area (Å²) in [4.78, 5) is 39.2. The van der Waals surface area contributed by atoms with E-state index in [0.29, 0.717) is 24.3 Å². The van der Waals surface area contributed by atoms with E-state index in [-0.39, 0.29) is 23.9 Å². The molecular weight excluding hydrogens is 478 g/mol. The molecule has 1 saturated heterocycles. The summed E-state index contributed by atoms with van der Waals surface area (Å²) < 4.78 is 5.02. The number of para-hydroxylation sites is 1. The lowest BCUT2D eigenvalue weighted by Gasteiger charge is -2.22. The van der Waals surface area contributed by atoms with Gasteiger partial charge in [0.05, 0.1) is 24.6 Å². The molecule has 1 aliphatic rings. The highest BCUT2D eigenvalue weighted by molar-refractivity contribution is 6.00. The summed E-state index contributed by atoms with van der Waals surface area (Å²) in [5, 5.41) is 5.67. The molecule has 1 atom stereocenters. The van der Waals surface area contributed by atoms with Gasteiger partial charge in [-0.05, 0) is 73.7 Å². The molecule has 7 heteroatoms. The molecule has 4 rings (SSSR count). The standard InChI is InChI=1S/C31H33N3O4/c1-3-38-30(36)25-15-10-23(11-16-25)14-19-27-8-6-20-34(27)29(35)21-24-12-17-26(18-13-24)32-31(37)33-28-9-5-4-7-22(28)2/h4-5,7,9-19,27H,3,6,8,20-21H2,1-2H3,(H2,32,33,37). The third-order valence-electron chi connectivity index (χ3n) is 6.51. The van der Waals surface area contributed by atoms with Gasteiger partial charge in [0.15, 0.2) is 0 Å². The fraction of sp³-hybridized carbons (Fsp3) is 0.258. The highest BCUT2D eigenvalue weighted by Crippen LogP contribution is 2.22. The van der Waals surface area contributed by atoms with Gasteiger partial charge in [-0.3, -0.25) is 4.79 Å². The predicted molar refractivity (Wildman–Crippen MR) is 150 cm³/mol. The van der Waals surface area contributed by atoms with Crippen molar-refractivity contribution in [2.75, 3.05) is 23.8 Å². The fourth-order valence-corrected chi connectivity index (χ4v) is 4.45. The number of anilines is 2. The molecule has 1 fully saturated rings. The first-order valence-electron chi connectivity index (χ1n) is 12.9. The summed E-state index contributed by atoms with van der Waals surface area (Å²) in [5.74, 6) is -0.252. The Balaban J connectivity index is 1.30. The van der Waals surface area contributed by atoms with E-state index in [9.17, 15) is 14.4 Å². The van der Waals surface area contributed by atoms with Crippen molar-refractivity contribution in [2.24, 2.45) is 0 Å². The Labute approximate surface area is 223 Å². The molecule has 1 unspecified atom stereocenters. The van der Waals surface area contributed by atoms with E-state index in [4.69, 9.17) is 4.74 Å². The third kappa shape index (κ3) is 7.09. The number of likely N-dealkylation sites (tertiary alicyclic amines) is 1. The highest BCUT2D eigenvalue weighted by atomic mass is 16.5. The average Bonchev–Trinajstić information content (AvgIpc) is 3.39. The molecule has 38 heavy (non-hydrogen) atoms. The molecule has 0 aromatic heterocycles. The van der Waals surface area contributed by atoms with Crippen LogP contribution in [0.25, 0.3) is 6.08 Å². The van der Waals surface area contributed by atoms with Crippen LogP contribution in [0.5, 0.6) is 0 Å². The van der Waals surface area contributed by atoms with Gasteiger partial charge in [-0.2, -0.15) is 0 Å². The van der Waals surface area contributed by atoms with E-state index in [1.165, 1.54) is 0 Å². The Morgan fingerprint density at radius 3 is 2.42 bits per heavy atom. The van der Waals surface area contributed by atoms with Crippen LogP contribution < -0.4 is 10.6 Å². The predicted octanol–water partition coefficient (Wildman–Crippen LogP) is 6.06. The zero-order valence-electron chi connectivity index (χ0n) is 21.8. The van der Waals surface area contributed by atoms with Gasteiger partial charge in [-0.1, -0.05) is 54.6 Å². The summed E-state index contributed by atoms with van der Waals surface area (Å²) in [5.41, 5.74) is 4.78. The number of nitrogens with zero attached hydrogens (tertiary/aromatic N) is 1. The Hall–Kier alpha value is -4.39. The van der Waals surface area contributed by atoms with Crippen LogP contribution >= 0.6 is 0 Å². The number of amides is 3. The van der Waals surface area contributed by atoms with Crippen LogP contribution in [-0.4, -0.2) is 42.0 Å². The minimum Gasteiger partial charge on any atom is -0.462 e. The molecule has 0 bridgehead atoms. The van der Waals surface area contributed by atoms with E-state index >= 15 is 0 Å². The van der Waals surface area contributed by atoms with E-state index in [2.05, 4.69) is 16.7 Å². The van der Waals surface area contributed by atoms with Crippen molar-refractivity contribution in [3.63, 3.8) is 0 Å². The highest BCUT2D eigenvalue weighted by Gasteiger charge is 2.26. The molecule has 0 radical (unpaired) electrons. The number of ether oxygens (including phenoxy) is 1. The number of esters is 1. The number of hydrogen-bond acceptors (Lipinski definition) is 4. The molecule has 3 aromatic carbocycles. The van der Waals surface area contributed by atoms with Crippen molar-refractivity contribution >= 4 is 35.4 Å². The number of hydrogen-bond donors (Lipinski definition) is 2. The molecule has 196 valence electrons. The molecule has 0 saturated carbocycles. The van der Waals surface area contributed by atoms with E-state index in [0.717, 1.165) is 41.8 Å². The van der Waals surface area contributed by atoms with Crippen molar-refractivity contribution in [3.05, 3.63) is 101 Å². The van der Waals surface area contributed by atoms with Crippen LogP contribution in [0.2, 0.25) is 0 Å². The van der Waals surface area contributed by atoms with E-state index in [1.807, 2.05) is 66.4 Å². The largest absolute Gasteiger partial charge is 0.462 e. The first kappa shape index (κ1) is 26.7. The monoisotopic (exact) mass is 511 g/mol. The number of carbonyl (C=O) groups is 3. The smallest absolute Gasteiger partial charge is 0.338 e. The molecule has 1 aliphatic heterocycles. The lowest BCUT2D eigenvalue weighted by atomic mass is 10.1. The third-order valence-corrected chi connectivity index (χ3v) is 6.51. The van der Waals surface area contributed by atoms with Crippen LogP contribution in [0.3, 0.4) is 0 Å². The van der Waals surface area contributed by atoms with Gasteiger partial charge < -0.3 is 20.3 Å². The number of benzene rings is 3. The van der Waals surface area contributed by atoms with Crippen LogP contribution in [0.4, 0.5) is 16.2 Å². The van der Waals surface area contributed by atoms with Crippen molar-refractivity contribution in [2.45, 2.75) is 39.2 Å². The maximum atomic E-state index is 13.1. The minimum absolute atomic E-state index is 0.0401. The molecule has 2 N–H and O–H groups in total. The number of nitrogens with one attached hydrogen (secondary N) is 2. The number of aryl methyl sites for hydroxylation is 1. The zero-order chi connectivity index (χ0) is 26.9. The summed E-state index contributed by atoms with van der Waals surface area (Å²) in [6, 6.07) is 21.9. The van der Waals surface area contributed by atoms with Crippen molar-refractivity contribution in [1.29, 1.82) is 0 Å². The van der Waals surface area contributed by atoms with E-state index < -0.39 is 0 Å². The summed E-state index contributed by atoms with van der Waals surface area (Å²) >= 11 is 0. The SMILES string of the molecule is CCOC(=O)c1ccc(C=CC2CCCN2C(=O)Cc2ccc(NC(=O)Nc3ccccc3C)cc2)cc1. The van der Waals surface area contributed by atoms with Crippen LogP contribution in [0, 0.1) is 6.92 Å². The Morgan fingerprint density at radius 1 is 0.974 bits per heavy atom. The summed E-state index contributed by atoms with van der Waals surface area (Å²) in [6.07, 6.45) is 6.23. The Bertz CT molecular complexity index is 1300. The second kappa shape index (κ2) is 12.7. The summed E-state index contributed by atoms with van der Waals surface area (Å²) in [7, 11) is 0. The first-order chi connectivity index (χ1) is 18.4. The number of carbonyl (C=O) groups excluding carboxylic acids is 3. The quantitative estimate of drug-likeness (QED) is 0.360. The molecule has 3 aromatic rings. The van der Waals surface area contributed by atoms with Gasteiger partial charge >= 0.3 is 12.0 Å². The fourth-order valence-electron chi connectivity index (χ4n) is 4.45. The lowest BCUT2D eigenvalue weighted by molar-refractivity contribution is -0.130. The van der Waals surface area contributed by atoms with Gasteiger partial charge in [0.25, 0.3) is 0 Å². The van der Waals surface area contributed by atoms with Crippen molar-refractivity contribution in [3.8, 4) is 0 Å². The Kier molecular flexibility index (Phi) is 8.93. The second-order valence-corrected chi connectivity index (χ2v) is 9.27. The number of urea groups is 1. The topological polar surface area (TPSA) is 87.7 Å². The second-order valence-electron chi connectivity index (χ2n) is 9.27. The average molecular weight is 512 g/mol. The lowest BCUT2D eigenvalue weighted by Crippen LogP contribution is -2.35. The number of rotatable bonds is 8. The van der Waals surface area contributed by atoms with Crippen LogP contribution in [0.1, 0.15) is 46.8 Å². The van der Waals surface area contributed by atoms with Gasteiger partial charge in [-0.15, -0.1) is 0 Å². The molecule has 1 heterocycles. The van der Waals surface area contributed by atoms with Gasteiger partial charge in [-0.25, -0.2) is 9.59 Å². The zero-order valence-corrected chi connectivity index (χ0v) is 21.8. The minimum atomic E-state index is -0.329. The van der Waals surface area contributed by atoms with E-state index in [1.54, 1.807) is 31.2 Å². The first-order valence-corrected chi connectivity index (χ1v) is 12.9. The molecular formula is C31H33N3O4. The van der Waals surface area contributed by atoms with Crippen molar-refractivity contribution < 1.29 is 19.1 Å². The Morgan fingerprint density at radius 2 is 1.71 bits per heavy atom. The maximum Gasteiger partial charge on any atom is 0.338 e. The summed E-state index contributed by atoms with van der Waals surface area (Å²) in [6.45, 7) is 4.80. The van der Waals surface area contributed by atoms with Crippen LogP contribution in [-0.2, 0) is 16.0 Å². The normalized spacial score (nSPS) is 14.9. The maximum absolute atomic E-state index is 13.1. The molecule has 3 amide bonds. The molecule has 7 nitrogen and oxygen atoms in total. The van der Waals surface area contributed by atoms with Gasteiger partial charge in [0, 0.05) is 17.9 Å². The van der Waals surface area contributed by atoms with Crippen molar-refractivity contribution in [1.82, 2.24) is 4.90 Å². The van der Waals surface area contributed by atoms with Gasteiger partial charge in [0.1, 0.15) is 0 Å². The van der Waals surface area contributed by atoms with Gasteiger partial charge in [0.2, 0.25) is 5.91 Å². The van der Waals surface area contributed by atoms with Crippen LogP contribution in [0.15, 0.2) is 78.9 Å². The molecule has 0 spiro atoms. The molecule has 0 aliphatic carbocycles.